The monoisotopic (exact) mass is 391 g/mol. The molecule has 2 aromatic carbocycles. The number of carbonyl (C=O) groups is 1. The standard InChI is InChI=1S/C23H25N3O3/c1-3-4-15-25(19-10-6-5-7-11-19)23(28)17-26-22(27)14-13-21(24-26)18-9-8-12-20(16-18)29-2/h5-14,16H,3-4,15,17H2,1-2H3. The molecule has 0 saturated heterocycles. The number of anilines is 1. The minimum Gasteiger partial charge on any atom is -0.497 e. The van der Waals surface area contributed by atoms with E-state index in [9.17, 15) is 9.59 Å². The Labute approximate surface area is 170 Å². The van der Waals surface area contributed by atoms with E-state index in [1.807, 2.05) is 54.6 Å². The molecular formula is C23H25N3O3. The molecule has 0 aliphatic carbocycles. The average molecular weight is 391 g/mol. The van der Waals surface area contributed by atoms with Crippen LogP contribution in [0.4, 0.5) is 5.69 Å². The lowest BCUT2D eigenvalue weighted by atomic mass is 10.1. The van der Waals surface area contributed by atoms with Gasteiger partial charge in [0.05, 0.1) is 12.8 Å². The molecule has 150 valence electrons. The van der Waals surface area contributed by atoms with Gasteiger partial charge in [0.2, 0.25) is 5.91 Å². The van der Waals surface area contributed by atoms with Gasteiger partial charge >= 0.3 is 0 Å². The van der Waals surface area contributed by atoms with Crippen LogP contribution in [0, 0.1) is 0 Å². The Kier molecular flexibility index (Phi) is 6.79. The molecule has 0 bridgehead atoms. The van der Waals surface area contributed by atoms with Gasteiger partial charge in [-0.25, -0.2) is 4.68 Å². The van der Waals surface area contributed by atoms with Crippen LogP contribution in [-0.4, -0.2) is 29.3 Å². The number of aromatic nitrogens is 2. The zero-order valence-electron chi connectivity index (χ0n) is 16.7. The van der Waals surface area contributed by atoms with Crippen LogP contribution in [0.5, 0.6) is 5.75 Å². The quantitative estimate of drug-likeness (QED) is 0.587. The van der Waals surface area contributed by atoms with Crippen LogP contribution in [0.2, 0.25) is 0 Å². The first-order chi connectivity index (χ1) is 14.1. The second-order valence-corrected chi connectivity index (χ2v) is 6.68. The highest BCUT2D eigenvalue weighted by Crippen LogP contribution is 2.21. The molecule has 0 aliphatic heterocycles. The van der Waals surface area contributed by atoms with Gasteiger partial charge in [-0.05, 0) is 36.8 Å². The van der Waals surface area contributed by atoms with Gasteiger partial charge in [0.1, 0.15) is 12.3 Å². The van der Waals surface area contributed by atoms with Crippen molar-refractivity contribution >= 4 is 11.6 Å². The highest BCUT2D eigenvalue weighted by molar-refractivity contribution is 5.93. The summed E-state index contributed by atoms with van der Waals surface area (Å²) in [7, 11) is 1.60. The molecule has 3 aromatic rings. The van der Waals surface area contributed by atoms with E-state index in [0.29, 0.717) is 18.0 Å². The Bertz CT molecular complexity index is 1020. The summed E-state index contributed by atoms with van der Waals surface area (Å²) in [5, 5.41) is 4.42. The van der Waals surface area contributed by atoms with Crippen LogP contribution >= 0.6 is 0 Å². The Balaban J connectivity index is 1.87. The van der Waals surface area contributed by atoms with Crippen molar-refractivity contribution in [3.63, 3.8) is 0 Å². The van der Waals surface area contributed by atoms with Crippen LogP contribution in [0.3, 0.4) is 0 Å². The third kappa shape index (κ3) is 5.10. The smallest absolute Gasteiger partial charge is 0.267 e. The number of nitrogens with zero attached hydrogens (tertiary/aromatic N) is 3. The van der Waals surface area contributed by atoms with Crippen molar-refractivity contribution in [3.05, 3.63) is 77.1 Å². The van der Waals surface area contributed by atoms with Crippen molar-refractivity contribution < 1.29 is 9.53 Å². The second-order valence-electron chi connectivity index (χ2n) is 6.68. The molecule has 1 heterocycles. The number of benzene rings is 2. The van der Waals surface area contributed by atoms with Gasteiger partial charge in [-0.1, -0.05) is 43.7 Å². The lowest BCUT2D eigenvalue weighted by Crippen LogP contribution is -2.38. The third-order valence-electron chi connectivity index (χ3n) is 4.62. The van der Waals surface area contributed by atoms with Gasteiger partial charge in [-0.3, -0.25) is 9.59 Å². The topological polar surface area (TPSA) is 64.4 Å². The third-order valence-corrected chi connectivity index (χ3v) is 4.62. The van der Waals surface area contributed by atoms with Gasteiger partial charge in [0.25, 0.3) is 5.56 Å². The normalized spacial score (nSPS) is 10.6. The Hall–Kier alpha value is -3.41. The minimum absolute atomic E-state index is 0.116. The summed E-state index contributed by atoms with van der Waals surface area (Å²) >= 11 is 0. The lowest BCUT2D eigenvalue weighted by molar-refractivity contribution is -0.119. The first-order valence-corrected chi connectivity index (χ1v) is 9.70. The molecule has 0 aliphatic rings. The van der Waals surface area contributed by atoms with Gasteiger partial charge in [-0.2, -0.15) is 5.10 Å². The summed E-state index contributed by atoms with van der Waals surface area (Å²) in [6.07, 6.45) is 1.85. The molecule has 0 atom stereocenters. The van der Waals surface area contributed by atoms with Gasteiger partial charge < -0.3 is 9.64 Å². The summed E-state index contributed by atoms with van der Waals surface area (Å²) < 4.78 is 6.48. The number of methoxy groups -OCH3 is 1. The number of para-hydroxylation sites is 1. The van der Waals surface area contributed by atoms with Crippen LogP contribution < -0.4 is 15.2 Å². The van der Waals surface area contributed by atoms with E-state index in [2.05, 4.69) is 12.0 Å². The number of unbranched alkanes of at least 4 members (excludes halogenated alkanes) is 1. The fourth-order valence-electron chi connectivity index (χ4n) is 3.03. The molecule has 6 heteroatoms. The largest absolute Gasteiger partial charge is 0.497 e. The Morgan fingerprint density at radius 1 is 1.07 bits per heavy atom. The van der Waals surface area contributed by atoms with Crippen LogP contribution in [0.25, 0.3) is 11.3 Å². The van der Waals surface area contributed by atoms with E-state index < -0.39 is 0 Å². The second kappa shape index (κ2) is 9.68. The van der Waals surface area contributed by atoms with E-state index in [1.165, 1.54) is 10.7 Å². The molecule has 29 heavy (non-hydrogen) atoms. The maximum Gasteiger partial charge on any atom is 0.267 e. The van der Waals surface area contributed by atoms with Crippen LogP contribution in [0.15, 0.2) is 71.5 Å². The van der Waals surface area contributed by atoms with E-state index in [-0.39, 0.29) is 18.0 Å². The number of hydrogen-bond acceptors (Lipinski definition) is 4. The predicted molar refractivity (Wildman–Crippen MR) is 114 cm³/mol. The molecule has 0 fully saturated rings. The Morgan fingerprint density at radius 3 is 2.59 bits per heavy atom. The highest BCUT2D eigenvalue weighted by Gasteiger charge is 2.17. The molecule has 0 spiro atoms. The number of ether oxygens (including phenoxy) is 1. The Morgan fingerprint density at radius 2 is 1.86 bits per heavy atom. The number of amides is 1. The van der Waals surface area contributed by atoms with Gasteiger partial charge in [0, 0.05) is 23.9 Å². The van der Waals surface area contributed by atoms with Crippen molar-refractivity contribution in [2.45, 2.75) is 26.3 Å². The summed E-state index contributed by atoms with van der Waals surface area (Å²) in [6, 6.07) is 20.0. The van der Waals surface area contributed by atoms with E-state index in [4.69, 9.17) is 4.74 Å². The number of rotatable bonds is 8. The maximum atomic E-state index is 13.0. The lowest BCUT2D eigenvalue weighted by Gasteiger charge is -2.23. The predicted octanol–water partition coefficient (Wildman–Crippen LogP) is 3.75. The molecule has 3 rings (SSSR count). The van der Waals surface area contributed by atoms with Crippen molar-refractivity contribution in [2.75, 3.05) is 18.6 Å². The zero-order chi connectivity index (χ0) is 20.6. The molecular weight excluding hydrogens is 366 g/mol. The van der Waals surface area contributed by atoms with E-state index in [1.54, 1.807) is 18.1 Å². The maximum absolute atomic E-state index is 13.0. The van der Waals surface area contributed by atoms with Crippen molar-refractivity contribution in [3.8, 4) is 17.0 Å². The van der Waals surface area contributed by atoms with Crippen molar-refractivity contribution in [1.82, 2.24) is 9.78 Å². The first kappa shape index (κ1) is 20.3. The van der Waals surface area contributed by atoms with Gasteiger partial charge in [0.15, 0.2) is 0 Å². The molecule has 0 unspecified atom stereocenters. The van der Waals surface area contributed by atoms with Crippen LogP contribution in [0.1, 0.15) is 19.8 Å². The van der Waals surface area contributed by atoms with Crippen LogP contribution in [-0.2, 0) is 11.3 Å². The molecule has 1 aromatic heterocycles. The molecule has 6 nitrogen and oxygen atoms in total. The summed E-state index contributed by atoms with van der Waals surface area (Å²) in [5.74, 6) is 0.537. The van der Waals surface area contributed by atoms with Gasteiger partial charge in [-0.15, -0.1) is 0 Å². The molecule has 0 N–H and O–H groups in total. The number of carbonyl (C=O) groups excluding carboxylic acids is 1. The minimum atomic E-state index is -0.312. The van der Waals surface area contributed by atoms with E-state index >= 15 is 0 Å². The summed E-state index contributed by atoms with van der Waals surface area (Å²) in [4.78, 5) is 27.1. The number of hydrogen-bond donors (Lipinski definition) is 0. The molecule has 1 amide bonds. The van der Waals surface area contributed by atoms with Crippen molar-refractivity contribution in [2.24, 2.45) is 0 Å². The average Bonchev–Trinajstić information content (AvgIpc) is 2.76. The highest BCUT2D eigenvalue weighted by atomic mass is 16.5. The zero-order valence-corrected chi connectivity index (χ0v) is 16.7. The fourth-order valence-corrected chi connectivity index (χ4v) is 3.03. The molecule has 0 saturated carbocycles. The summed E-state index contributed by atoms with van der Waals surface area (Å²) in [6.45, 7) is 2.57. The van der Waals surface area contributed by atoms with Crippen molar-refractivity contribution in [1.29, 1.82) is 0 Å². The molecule has 0 radical (unpaired) electrons. The SMILES string of the molecule is CCCCN(C(=O)Cn1nc(-c2cccc(OC)c2)ccc1=O)c1ccccc1. The first-order valence-electron chi connectivity index (χ1n) is 9.70. The fraction of sp³-hybridized carbons (Fsp3) is 0.261. The summed E-state index contributed by atoms with van der Waals surface area (Å²) in [5.41, 5.74) is 1.93. The van der Waals surface area contributed by atoms with E-state index in [0.717, 1.165) is 24.1 Å².